The van der Waals surface area contributed by atoms with Gasteiger partial charge < -0.3 is 15.0 Å². The van der Waals surface area contributed by atoms with Gasteiger partial charge in [-0.2, -0.15) is 0 Å². The highest BCUT2D eigenvalue weighted by molar-refractivity contribution is 6.83. The van der Waals surface area contributed by atoms with Crippen LogP contribution in [0.1, 0.15) is 36.7 Å². The molecule has 2 aromatic rings. The third-order valence-corrected chi connectivity index (χ3v) is 4.32. The molecule has 0 aliphatic rings. The number of hydrogen-bond donors (Lipinski definition) is 1. The van der Waals surface area contributed by atoms with Crippen LogP contribution in [0, 0.1) is 11.5 Å². The van der Waals surface area contributed by atoms with Crippen LogP contribution >= 0.6 is 0 Å². The van der Waals surface area contributed by atoms with E-state index in [1.165, 1.54) is 0 Å². The van der Waals surface area contributed by atoms with Crippen molar-refractivity contribution in [2.75, 3.05) is 0 Å². The molecule has 6 heteroatoms. The quantitative estimate of drug-likeness (QED) is 0.512. The van der Waals surface area contributed by atoms with Crippen molar-refractivity contribution in [3.8, 4) is 11.5 Å². The van der Waals surface area contributed by atoms with Crippen LogP contribution in [0.2, 0.25) is 19.6 Å². The van der Waals surface area contributed by atoms with Gasteiger partial charge in [0.2, 0.25) is 0 Å². The molecule has 5 nitrogen and oxygen atoms in total. The maximum absolute atomic E-state index is 12.2. The van der Waals surface area contributed by atoms with E-state index in [0.29, 0.717) is 10.9 Å². The Hall–Kier alpha value is -2.52. The van der Waals surface area contributed by atoms with E-state index in [9.17, 15) is 9.59 Å². The van der Waals surface area contributed by atoms with Crippen LogP contribution < -0.4 is 5.73 Å². The van der Waals surface area contributed by atoms with Crippen molar-refractivity contribution < 1.29 is 14.3 Å². The molecular weight excluding hydrogens is 344 g/mol. The number of esters is 1. The molecule has 0 fully saturated rings. The van der Waals surface area contributed by atoms with Gasteiger partial charge in [-0.3, -0.25) is 9.59 Å². The second-order valence-corrected chi connectivity index (χ2v) is 13.1. The zero-order chi connectivity index (χ0) is 19.7. The van der Waals surface area contributed by atoms with Crippen molar-refractivity contribution in [3.63, 3.8) is 0 Å². The fraction of sp³-hybridized carbons (Fsp3) is 0.400. The lowest BCUT2D eigenvalue weighted by Crippen LogP contribution is -2.26. The number of nitrogens with two attached hydrogens (primary N) is 1. The number of ether oxygens (including phenoxy) is 1. The van der Waals surface area contributed by atoms with Gasteiger partial charge in [0.15, 0.2) is 0 Å². The van der Waals surface area contributed by atoms with Crippen molar-refractivity contribution in [2.45, 2.75) is 52.6 Å². The van der Waals surface area contributed by atoms with Gasteiger partial charge in [0.05, 0.1) is 5.56 Å². The molecule has 26 heavy (non-hydrogen) atoms. The molecule has 0 saturated carbocycles. The van der Waals surface area contributed by atoms with E-state index >= 15 is 0 Å². The molecule has 1 aromatic carbocycles. The summed E-state index contributed by atoms with van der Waals surface area (Å²) in [5.74, 6) is 2.28. The van der Waals surface area contributed by atoms with Crippen LogP contribution in [0.15, 0.2) is 24.4 Å². The first kappa shape index (κ1) is 19.8. The average molecular weight is 371 g/mol. The highest BCUT2D eigenvalue weighted by Crippen LogP contribution is 2.23. The van der Waals surface area contributed by atoms with Gasteiger partial charge in [0.1, 0.15) is 20.2 Å². The van der Waals surface area contributed by atoms with Crippen molar-refractivity contribution in [3.05, 3.63) is 35.5 Å². The van der Waals surface area contributed by atoms with E-state index in [-0.39, 0.29) is 12.5 Å². The summed E-state index contributed by atoms with van der Waals surface area (Å²) in [6.45, 7) is 12.0. The Kier molecular flexibility index (Phi) is 5.33. The van der Waals surface area contributed by atoms with Crippen LogP contribution in [0.3, 0.4) is 0 Å². The Morgan fingerprint density at radius 1 is 1.23 bits per heavy atom. The molecule has 2 N–H and O–H groups in total. The summed E-state index contributed by atoms with van der Waals surface area (Å²) in [5, 5.41) is 0.698. The van der Waals surface area contributed by atoms with E-state index in [2.05, 4.69) is 31.1 Å². The fourth-order valence-corrected chi connectivity index (χ4v) is 2.99. The summed E-state index contributed by atoms with van der Waals surface area (Å²) >= 11 is 0. The van der Waals surface area contributed by atoms with Crippen LogP contribution in [0.5, 0.6) is 0 Å². The minimum atomic E-state index is -1.50. The number of carbonyl (C=O) groups excluding carboxylic acids is 2. The van der Waals surface area contributed by atoms with Crippen LogP contribution in [-0.2, 0) is 16.1 Å². The third kappa shape index (κ3) is 5.23. The third-order valence-electron chi connectivity index (χ3n) is 3.45. The van der Waals surface area contributed by atoms with E-state index in [1.807, 2.05) is 39.0 Å². The Morgan fingerprint density at radius 3 is 2.42 bits per heavy atom. The standard InChI is InChI=1S/C20H26N2O3Si/c1-20(2,3)25-18(23)13-22-12-16(19(21)24)15-11-14(7-8-17(15)22)9-10-26(4,5)6/h7-8,11-12H,13H2,1-6H3,(H2,21,24). The van der Waals surface area contributed by atoms with Crippen molar-refractivity contribution in [1.82, 2.24) is 4.57 Å². The second kappa shape index (κ2) is 7.00. The van der Waals surface area contributed by atoms with E-state index in [4.69, 9.17) is 10.5 Å². The number of hydrogen-bond acceptors (Lipinski definition) is 3. The number of rotatable bonds is 3. The summed E-state index contributed by atoms with van der Waals surface area (Å²) in [4.78, 5) is 24.0. The zero-order valence-electron chi connectivity index (χ0n) is 16.3. The summed E-state index contributed by atoms with van der Waals surface area (Å²) in [5.41, 5.74) is 10.2. The van der Waals surface area contributed by atoms with Crippen molar-refractivity contribution in [2.24, 2.45) is 5.73 Å². The van der Waals surface area contributed by atoms with Gasteiger partial charge in [0.25, 0.3) is 5.91 Å². The summed E-state index contributed by atoms with van der Waals surface area (Å²) < 4.78 is 7.06. The maximum Gasteiger partial charge on any atom is 0.326 e. The molecule has 0 aliphatic carbocycles. The van der Waals surface area contributed by atoms with Gasteiger partial charge in [-0.05, 0) is 39.0 Å². The van der Waals surface area contributed by atoms with Gasteiger partial charge in [-0.15, -0.1) is 5.54 Å². The number of nitrogens with zero attached hydrogens (tertiary/aromatic N) is 1. The largest absolute Gasteiger partial charge is 0.459 e. The van der Waals surface area contributed by atoms with E-state index in [0.717, 1.165) is 11.1 Å². The summed E-state index contributed by atoms with van der Waals surface area (Å²) in [6.07, 6.45) is 1.60. The molecule has 0 bridgehead atoms. The number of benzene rings is 1. The minimum absolute atomic E-state index is 0.0149. The molecule has 1 aromatic heterocycles. The number of carbonyl (C=O) groups is 2. The highest BCUT2D eigenvalue weighted by Gasteiger charge is 2.19. The van der Waals surface area contributed by atoms with E-state index in [1.54, 1.807) is 10.8 Å². The Morgan fingerprint density at radius 2 is 1.88 bits per heavy atom. The molecule has 1 heterocycles. The first-order valence-corrected chi connectivity index (χ1v) is 12.0. The van der Waals surface area contributed by atoms with Gasteiger partial charge >= 0.3 is 5.97 Å². The Bertz CT molecular complexity index is 919. The molecule has 0 unspecified atom stereocenters. The lowest BCUT2D eigenvalue weighted by molar-refractivity contribution is -0.155. The zero-order valence-corrected chi connectivity index (χ0v) is 17.3. The molecule has 1 amide bonds. The lowest BCUT2D eigenvalue weighted by Gasteiger charge is -2.19. The summed E-state index contributed by atoms with van der Waals surface area (Å²) in [6, 6.07) is 5.61. The molecule has 0 spiro atoms. The first-order chi connectivity index (χ1) is 11.9. The normalized spacial score (nSPS) is 11.8. The number of fused-ring (bicyclic) bond motifs is 1. The molecular formula is C20H26N2O3Si. The van der Waals surface area contributed by atoms with Gasteiger partial charge in [-0.25, -0.2) is 0 Å². The van der Waals surface area contributed by atoms with Gasteiger partial charge in [0, 0.05) is 22.7 Å². The predicted molar refractivity (Wildman–Crippen MR) is 107 cm³/mol. The minimum Gasteiger partial charge on any atom is -0.459 e. The molecule has 0 saturated heterocycles. The number of amides is 1. The Labute approximate surface area is 155 Å². The molecule has 2 rings (SSSR count). The smallest absolute Gasteiger partial charge is 0.326 e. The second-order valence-electron chi connectivity index (χ2n) is 8.35. The van der Waals surface area contributed by atoms with Crippen LogP contribution in [-0.4, -0.2) is 30.1 Å². The fourth-order valence-electron chi connectivity index (χ4n) is 2.47. The highest BCUT2D eigenvalue weighted by atomic mass is 28.3. The van der Waals surface area contributed by atoms with Gasteiger partial charge in [-0.1, -0.05) is 25.6 Å². The van der Waals surface area contributed by atoms with Crippen molar-refractivity contribution in [1.29, 1.82) is 0 Å². The monoisotopic (exact) mass is 370 g/mol. The number of primary amides is 1. The Balaban J connectivity index is 2.46. The molecule has 0 atom stereocenters. The predicted octanol–water partition coefficient (Wildman–Crippen LogP) is 3.31. The lowest BCUT2D eigenvalue weighted by atomic mass is 10.1. The molecule has 138 valence electrons. The van der Waals surface area contributed by atoms with Crippen LogP contribution in [0.25, 0.3) is 10.9 Å². The van der Waals surface area contributed by atoms with Crippen LogP contribution in [0.4, 0.5) is 0 Å². The molecule has 0 radical (unpaired) electrons. The average Bonchev–Trinajstić information content (AvgIpc) is 2.80. The number of aromatic nitrogens is 1. The van der Waals surface area contributed by atoms with Crippen molar-refractivity contribution >= 4 is 30.9 Å². The maximum atomic E-state index is 12.2. The van der Waals surface area contributed by atoms with E-state index < -0.39 is 19.6 Å². The molecule has 0 aliphatic heterocycles. The SMILES string of the molecule is CC(C)(C)OC(=O)Cn1cc(C(N)=O)c2cc(C#C[Si](C)(C)C)ccc21. The topological polar surface area (TPSA) is 74.3 Å². The summed E-state index contributed by atoms with van der Waals surface area (Å²) in [7, 11) is -1.50. The first-order valence-electron chi connectivity index (χ1n) is 8.53.